The van der Waals surface area contributed by atoms with E-state index in [0.29, 0.717) is 0 Å². The fraction of sp³-hybridized carbons (Fsp3) is 0. The van der Waals surface area contributed by atoms with Gasteiger partial charge < -0.3 is 20.4 Å². The number of carbonyl (C=O) groups is 1. The summed E-state index contributed by atoms with van der Waals surface area (Å²) in [6.45, 7) is 0. The molecule has 0 unspecified atom stereocenters. The monoisotopic (exact) mass is 288 g/mol. The number of hydrogen-bond donors (Lipinski definition) is 5. The predicted molar refractivity (Wildman–Crippen MR) is 74.6 cm³/mol. The Hall–Kier alpha value is -3.22. The molecule has 7 nitrogen and oxygen atoms in total. The van der Waals surface area contributed by atoms with Crippen LogP contribution in [0.2, 0.25) is 0 Å². The number of benzene rings is 2. The summed E-state index contributed by atoms with van der Waals surface area (Å²) in [5.41, 5.74) is 2.40. The summed E-state index contributed by atoms with van der Waals surface area (Å²) in [5, 5.41) is 41.0. The lowest BCUT2D eigenvalue weighted by Gasteiger charge is -2.03. The summed E-state index contributed by atoms with van der Waals surface area (Å²) < 4.78 is 0. The fourth-order valence-corrected chi connectivity index (χ4v) is 1.60. The van der Waals surface area contributed by atoms with Gasteiger partial charge in [0.25, 0.3) is 5.91 Å². The number of phenolic OH excluding ortho intramolecular Hbond substituents is 4. The lowest BCUT2D eigenvalue weighted by Crippen LogP contribution is -2.17. The van der Waals surface area contributed by atoms with E-state index in [1.165, 1.54) is 18.2 Å². The average Bonchev–Trinajstić information content (AvgIpc) is 2.42. The highest BCUT2D eigenvalue weighted by atomic mass is 16.3. The minimum Gasteiger partial charge on any atom is -0.508 e. The van der Waals surface area contributed by atoms with Crippen molar-refractivity contribution in [3.8, 4) is 23.0 Å². The highest BCUT2D eigenvalue weighted by Crippen LogP contribution is 2.26. The minimum atomic E-state index is -0.655. The molecule has 2 aromatic rings. The maximum Gasteiger partial charge on any atom is 0.271 e. The Morgan fingerprint density at radius 3 is 2.38 bits per heavy atom. The molecule has 0 saturated carbocycles. The molecular weight excluding hydrogens is 276 g/mol. The molecule has 0 spiro atoms. The Kier molecular flexibility index (Phi) is 3.94. The Morgan fingerprint density at radius 1 is 1.05 bits per heavy atom. The van der Waals surface area contributed by atoms with E-state index >= 15 is 0 Å². The molecule has 1 amide bonds. The van der Waals surface area contributed by atoms with Crippen molar-refractivity contribution in [2.75, 3.05) is 0 Å². The smallest absolute Gasteiger partial charge is 0.271 e. The van der Waals surface area contributed by atoms with Gasteiger partial charge in [-0.1, -0.05) is 6.07 Å². The maximum absolute atomic E-state index is 11.7. The molecule has 0 bridgehead atoms. The van der Waals surface area contributed by atoms with Gasteiger partial charge in [-0.05, 0) is 24.3 Å². The van der Waals surface area contributed by atoms with Gasteiger partial charge in [0.1, 0.15) is 11.5 Å². The van der Waals surface area contributed by atoms with Crippen LogP contribution < -0.4 is 5.43 Å². The topological polar surface area (TPSA) is 122 Å². The summed E-state index contributed by atoms with van der Waals surface area (Å²) in [6.07, 6.45) is 1.15. The Bertz CT molecular complexity index is 692. The molecule has 0 radical (unpaired) electrons. The van der Waals surface area contributed by atoms with E-state index in [4.69, 9.17) is 0 Å². The third-order valence-corrected chi connectivity index (χ3v) is 2.58. The summed E-state index contributed by atoms with van der Waals surface area (Å²) >= 11 is 0. The van der Waals surface area contributed by atoms with Crippen LogP contribution in [0.4, 0.5) is 0 Å². The van der Waals surface area contributed by atoms with E-state index in [1.54, 1.807) is 0 Å². The number of nitrogens with one attached hydrogen (secondary N) is 1. The molecule has 2 aromatic carbocycles. The second-order valence-corrected chi connectivity index (χ2v) is 4.15. The number of hydrogen-bond acceptors (Lipinski definition) is 6. The molecule has 0 aliphatic rings. The van der Waals surface area contributed by atoms with Gasteiger partial charge in [0, 0.05) is 17.2 Å². The number of nitrogens with zero attached hydrogens (tertiary/aromatic N) is 1. The number of amides is 1. The van der Waals surface area contributed by atoms with Gasteiger partial charge in [0.15, 0.2) is 11.5 Å². The van der Waals surface area contributed by atoms with Crippen LogP contribution in [-0.2, 0) is 0 Å². The van der Waals surface area contributed by atoms with Gasteiger partial charge in [-0.15, -0.1) is 0 Å². The van der Waals surface area contributed by atoms with E-state index in [2.05, 4.69) is 10.5 Å². The zero-order chi connectivity index (χ0) is 15.4. The number of para-hydroxylation sites is 1. The van der Waals surface area contributed by atoms with E-state index in [0.717, 1.165) is 24.4 Å². The first-order valence-electron chi connectivity index (χ1n) is 5.85. The molecule has 5 N–H and O–H groups in total. The van der Waals surface area contributed by atoms with E-state index < -0.39 is 5.91 Å². The molecule has 0 saturated heterocycles. The largest absolute Gasteiger partial charge is 0.508 e. The summed E-state index contributed by atoms with van der Waals surface area (Å²) in [7, 11) is 0. The highest BCUT2D eigenvalue weighted by molar-refractivity contribution is 5.96. The molecule has 0 atom stereocenters. The van der Waals surface area contributed by atoms with Crippen LogP contribution >= 0.6 is 0 Å². The van der Waals surface area contributed by atoms with Gasteiger partial charge in [-0.25, -0.2) is 5.43 Å². The third-order valence-electron chi connectivity index (χ3n) is 2.58. The van der Waals surface area contributed by atoms with Crippen molar-refractivity contribution in [1.82, 2.24) is 5.43 Å². The number of rotatable bonds is 3. The maximum atomic E-state index is 11.7. The van der Waals surface area contributed by atoms with Crippen molar-refractivity contribution in [2.24, 2.45) is 5.10 Å². The lowest BCUT2D eigenvalue weighted by atomic mass is 10.2. The number of aromatic hydroxyl groups is 4. The van der Waals surface area contributed by atoms with Crippen LogP contribution in [-0.4, -0.2) is 32.5 Å². The molecule has 0 aliphatic carbocycles. The van der Waals surface area contributed by atoms with Crippen molar-refractivity contribution >= 4 is 12.1 Å². The van der Waals surface area contributed by atoms with Crippen molar-refractivity contribution in [3.63, 3.8) is 0 Å². The number of carbonyl (C=O) groups excluding carboxylic acids is 1. The summed E-state index contributed by atoms with van der Waals surface area (Å²) in [4.78, 5) is 11.7. The van der Waals surface area contributed by atoms with Gasteiger partial charge in [-0.3, -0.25) is 4.79 Å². The lowest BCUT2D eigenvalue weighted by molar-refractivity contribution is 0.0954. The Morgan fingerprint density at radius 2 is 1.71 bits per heavy atom. The molecule has 108 valence electrons. The van der Waals surface area contributed by atoms with Gasteiger partial charge in [0.2, 0.25) is 0 Å². The first-order valence-corrected chi connectivity index (χ1v) is 5.85. The van der Waals surface area contributed by atoms with Crippen LogP contribution in [0.1, 0.15) is 15.9 Å². The molecule has 0 fully saturated rings. The first-order chi connectivity index (χ1) is 9.97. The van der Waals surface area contributed by atoms with Crippen molar-refractivity contribution in [1.29, 1.82) is 0 Å². The average molecular weight is 288 g/mol. The van der Waals surface area contributed by atoms with E-state index in [-0.39, 0.29) is 34.1 Å². The molecule has 0 aliphatic heterocycles. The van der Waals surface area contributed by atoms with E-state index in [9.17, 15) is 25.2 Å². The van der Waals surface area contributed by atoms with Gasteiger partial charge in [-0.2, -0.15) is 5.10 Å². The Labute approximate surface area is 119 Å². The van der Waals surface area contributed by atoms with Gasteiger partial charge in [0.05, 0.1) is 6.21 Å². The zero-order valence-electron chi connectivity index (χ0n) is 10.7. The zero-order valence-corrected chi connectivity index (χ0v) is 10.7. The van der Waals surface area contributed by atoms with Crippen LogP contribution in [0.5, 0.6) is 23.0 Å². The van der Waals surface area contributed by atoms with Crippen molar-refractivity contribution in [2.45, 2.75) is 0 Å². The first kappa shape index (κ1) is 14.2. The summed E-state index contributed by atoms with van der Waals surface area (Å²) in [5.74, 6) is -1.82. The predicted octanol–water partition coefficient (Wildman–Crippen LogP) is 1.27. The Balaban J connectivity index is 2.10. The number of phenols is 4. The van der Waals surface area contributed by atoms with Crippen LogP contribution in [0.15, 0.2) is 41.5 Å². The molecule has 0 heterocycles. The second-order valence-electron chi connectivity index (χ2n) is 4.15. The summed E-state index contributed by atoms with van der Waals surface area (Å²) in [6, 6.07) is 7.72. The van der Waals surface area contributed by atoms with Crippen molar-refractivity contribution in [3.05, 3.63) is 47.5 Å². The molecule has 7 heteroatoms. The molecule has 2 rings (SSSR count). The second kappa shape index (κ2) is 5.83. The van der Waals surface area contributed by atoms with Crippen molar-refractivity contribution < 1.29 is 25.2 Å². The molecule has 21 heavy (non-hydrogen) atoms. The van der Waals surface area contributed by atoms with Crippen LogP contribution in [0, 0.1) is 0 Å². The third kappa shape index (κ3) is 3.41. The van der Waals surface area contributed by atoms with Crippen LogP contribution in [0.25, 0.3) is 0 Å². The minimum absolute atomic E-state index is 0.0183. The van der Waals surface area contributed by atoms with Gasteiger partial charge >= 0.3 is 0 Å². The quantitative estimate of drug-likeness (QED) is 0.331. The normalized spacial score (nSPS) is 10.7. The standard InChI is InChI=1S/C14H12N2O5/c17-10-4-9(5-11(18)6-10)14(21)16-15-7-8-2-1-3-12(19)13(8)20/h1-7,17-20H,(H,16,21)/b15-7+. The fourth-order valence-electron chi connectivity index (χ4n) is 1.60. The molecule has 0 aromatic heterocycles. The van der Waals surface area contributed by atoms with E-state index in [1.807, 2.05) is 0 Å². The highest BCUT2D eigenvalue weighted by Gasteiger charge is 2.08. The SMILES string of the molecule is O=C(N/N=C/c1cccc(O)c1O)c1cc(O)cc(O)c1. The van der Waals surface area contributed by atoms with Crippen LogP contribution in [0.3, 0.4) is 0 Å². The molecular formula is C14H12N2O5. The number of hydrazone groups is 1.